The number of carbonyl (C=O) groups excluding carboxylic acids is 1. The van der Waals surface area contributed by atoms with Gasteiger partial charge in [-0.05, 0) is 37.6 Å². The fourth-order valence-corrected chi connectivity index (χ4v) is 2.32. The smallest absolute Gasteiger partial charge is 0.241 e. The van der Waals surface area contributed by atoms with Crippen molar-refractivity contribution in [2.45, 2.75) is 25.3 Å². The monoisotopic (exact) mass is 244 g/mol. The molecule has 0 aliphatic carbocycles. The molecule has 1 atom stereocenters. The molecule has 0 unspecified atom stereocenters. The number of piperidine rings is 1. The van der Waals surface area contributed by atoms with Crippen LogP contribution in [-0.2, 0) is 4.79 Å². The molecule has 1 amide bonds. The zero-order valence-corrected chi connectivity index (χ0v) is 10.1. The highest BCUT2D eigenvalue weighted by molar-refractivity contribution is 5.96. The summed E-state index contributed by atoms with van der Waals surface area (Å²) in [5.41, 5.74) is 1.74. The third-order valence-corrected chi connectivity index (χ3v) is 3.34. The van der Waals surface area contributed by atoms with Crippen molar-refractivity contribution in [2.24, 2.45) is 0 Å². The normalized spacial score (nSPS) is 19.9. The maximum Gasteiger partial charge on any atom is 0.241 e. The van der Waals surface area contributed by atoms with Crippen molar-refractivity contribution in [1.29, 1.82) is 0 Å². The van der Waals surface area contributed by atoms with Crippen molar-refractivity contribution in [2.75, 3.05) is 11.9 Å². The molecule has 3 rings (SSSR count). The van der Waals surface area contributed by atoms with Crippen LogP contribution in [0.25, 0.3) is 10.9 Å². The summed E-state index contributed by atoms with van der Waals surface area (Å²) in [5.74, 6) is 0.0496. The van der Waals surface area contributed by atoms with Crippen LogP contribution in [0.4, 0.5) is 5.69 Å². The summed E-state index contributed by atoms with van der Waals surface area (Å²) in [4.78, 5) is 12.0. The molecule has 94 valence electrons. The highest BCUT2D eigenvalue weighted by atomic mass is 16.2. The molecule has 0 spiro atoms. The number of nitrogens with zero attached hydrogens (tertiary/aromatic N) is 1. The van der Waals surface area contributed by atoms with Gasteiger partial charge in [0.2, 0.25) is 5.91 Å². The minimum atomic E-state index is -0.0591. The zero-order valence-electron chi connectivity index (χ0n) is 10.1. The molecular formula is C13H16N4O. The van der Waals surface area contributed by atoms with Gasteiger partial charge in [0.05, 0.1) is 17.8 Å². The second-order valence-electron chi connectivity index (χ2n) is 4.66. The number of H-pyrrole nitrogens is 1. The summed E-state index contributed by atoms with van der Waals surface area (Å²) in [6, 6.07) is 5.70. The van der Waals surface area contributed by atoms with Gasteiger partial charge in [-0.15, -0.1) is 0 Å². The van der Waals surface area contributed by atoms with Crippen LogP contribution < -0.4 is 10.6 Å². The molecule has 0 saturated carbocycles. The third-order valence-electron chi connectivity index (χ3n) is 3.34. The molecule has 1 aromatic carbocycles. The Morgan fingerprint density at radius 3 is 3.17 bits per heavy atom. The number of benzene rings is 1. The van der Waals surface area contributed by atoms with E-state index in [1.165, 1.54) is 0 Å². The Balaban J connectivity index is 1.72. The van der Waals surface area contributed by atoms with E-state index in [0.717, 1.165) is 42.4 Å². The molecule has 3 N–H and O–H groups in total. The lowest BCUT2D eigenvalue weighted by Crippen LogP contribution is -2.43. The van der Waals surface area contributed by atoms with Gasteiger partial charge < -0.3 is 10.6 Å². The predicted molar refractivity (Wildman–Crippen MR) is 70.4 cm³/mol. The van der Waals surface area contributed by atoms with Crippen LogP contribution in [-0.4, -0.2) is 28.7 Å². The minimum absolute atomic E-state index is 0.0496. The van der Waals surface area contributed by atoms with Gasteiger partial charge in [0, 0.05) is 11.1 Å². The molecule has 1 aromatic heterocycles. The summed E-state index contributed by atoms with van der Waals surface area (Å²) in [5, 5.41) is 14.1. The Kier molecular flexibility index (Phi) is 2.98. The second-order valence-corrected chi connectivity index (χ2v) is 4.66. The summed E-state index contributed by atoms with van der Waals surface area (Å²) in [6.07, 6.45) is 4.95. The standard InChI is InChI=1S/C13H16N4O/c18-13(11-3-1-2-6-14-11)16-10-5-4-9-8-15-17-12(9)7-10/h4-5,7-8,11,14H,1-3,6H2,(H,15,17)(H,16,18)/t11-/m1/s1. The zero-order chi connectivity index (χ0) is 12.4. The van der Waals surface area contributed by atoms with Gasteiger partial charge in [0.25, 0.3) is 0 Å². The number of hydrogen-bond acceptors (Lipinski definition) is 3. The molecule has 1 saturated heterocycles. The van der Waals surface area contributed by atoms with Gasteiger partial charge in [0.15, 0.2) is 0 Å². The first kappa shape index (κ1) is 11.2. The van der Waals surface area contributed by atoms with Crippen LogP contribution in [0.2, 0.25) is 0 Å². The summed E-state index contributed by atoms with van der Waals surface area (Å²) >= 11 is 0. The van der Waals surface area contributed by atoms with Crippen molar-refractivity contribution in [3.63, 3.8) is 0 Å². The van der Waals surface area contributed by atoms with E-state index in [1.807, 2.05) is 18.2 Å². The van der Waals surface area contributed by atoms with E-state index < -0.39 is 0 Å². The number of aromatic nitrogens is 2. The van der Waals surface area contributed by atoms with Crippen molar-refractivity contribution in [3.8, 4) is 0 Å². The van der Waals surface area contributed by atoms with Gasteiger partial charge in [0.1, 0.15) is 0 Å². The van der Waals surface area contributed by atoms with Crippen LogP contribution in [0, 0.1) is 0 Å². The number of aromatic amines is 1. The molecule has 18 heavy (non-hydrogen) atoms. The molecule has 1 fully saturated rings. The maximum absolute atomic E-state index is 12.0. The molecule has 1 aliphatic heterocycles. The van der Waals surface area contributed by atoms with Crippen LogP contribution in [0.15, 0.2) is 24.4 Å². The average Bonchev–Trinajstić information content (AvgIpc) is 2.87. The SMILES string of the molecule is O=C(Nc1ccc2cn[nH]c2c1)[C@H]1CCCCN1. The molecule has 1 aliphatic rings. The first-order chi connectivity index (χ1) is 8.83. The number of nitrogens with one attached hydrogen (secondary N) is 3. The van der Waals surface area contributed by atoms with Crippen molar-refractivity contribution in [1.82, 2.24) is 15.5 Å². The molecular weight excluding hydrogens is 228 g/mol. The minimum Gasteiger partial charge on any atom is -0.325 e. The fourth-order valence-electron chi connectivity index (χ4n) is 2.32. The molecule has 5 heteroatoms. The van der Waals surface area contributed by atoms with E-state index in [-0.39, 0.29) is 11.9 Å². The van der Waals surface area contributed by atoms with Crippen LogP contribution in [0.3, 0.4) is 0 Å². The number of rotatable bonds is 2. The van der Waals surface area contributed by atoms with Crippen molar-refractivity contribution < 1.29 is 4.79 Å². The number of amides is 1. The highest BCUT2D eigenvalue weighted by Gasteiger charge is 2.20. The van der Waals surface area contributed by atoms with E-state index >= 15 is 0 Å². The molecule has 2 heterocycles. The van der Waals surface area contributed by atoms with Gasteiger partial charge in [-0.2, -0.15) is 5.10 Å². The first-order valence-electron chi connectivity index (χ1n) is 6.30. The van der Waals surface area contributed by atoms with Gasteiger partial charge in [-0.1, -0.05) is 6.42 Å². The highest BCUT2D eigenvalue weighted by Crippen LogP contribution is 2.17. The van der Waals surface area contributed by atoms with Gasteiger partial charge in [-0.25, -0.2) is 0 Å². The predicted octanol–water partition coefficient (Wildman–Crippen LogP) is 1.64. The Morgan fingerprint density at radius 2 is 2.33 bits per heavy atom. The lowest BCUT2D eigenvalue weighted by molar-refractivity contribution is -0.118. The van der Waals surface area contributed by atoms with E-state index in [9.17, 15) is 4.79 Å². The number of fused-ring (bicyclic) bond motifs is 1. The average molecular weight is 244 g/mol. The topological polar surface area (TPSA) is 69.8 Å². The summed E-state index contributed by atoms with van der Waals surface area (Å²) in [7, 11) is 0. The number of anilines is 1. The lowest BCUT2D eigenvalue weighted by atomic mass is 10.0. The quantitative estimate of drug-likeness (QED) is 0.752. The molecule has 5 nitrogen and oxygen atoms in total. The summed E-state index contributed by atoms with van der Waals surface area (Å²) in [6.45, 7) is 0.928. The van der Waals surface area contributed by atoms with E-state index in [2.05, 4.69) is 20.8 Å². The second kappa shape index (κ2) is 4.78. The van der Waals surface area contributed by atoms with Gasteiger partial charge >= 0.3 is 0 Å². The molecule has 2 aromatic rings. The Labute approximate surface area is 105 Å². The Morgan fingerprint density at radius 1 is 1.39 bits per heavy atom. The van der Waals surface area contributed by atoms with Crippen molar-refractivity contribution in [3.05, 3.63) is 24.4 Å². The van der Waals surface area contributed by atoms with E-state index in [0.29, 0.717) is 0 Å². The summed E-state index contributed by atoms with van der Waals surface area (Å²) < 4.78 is 0. The van der Waals surface area contributed by atoms with Crippen LogP contribution >= 0.6 is 0 Å². The first-order valence-corrected chi connectivity index (χ1v) is 6.30. The number of hydrogen-bond donors (Lipinski definition) is 3. The van der Waals surface area contributed by atoms with Gasteiger partial charge in [-0.3, -0.25) is 9.89 Å². The Hall–Kier alpha value is -1.88. The van der Waals surface area contributed by atoms with E-state index in [4.69, 9.17) is 0 Å². The maximum atomic E-state index is 12.0. The largest absolute Gasteiger partial charge is 0.325 e. The molecule has 0 bridgehead atoms. The fraction of sp³-hybridized carbons (Fsp3) is 0.385. The Bertz CT molecular complexity index is 557. The third kappa shape index (κ3) is 2.22. The molecule has 0 radical (unpaired) electrons. The van der Waals surface area contributed by atoms with E-state index in [1.54, 1.807) is 6.20 Å². The number of carbonyl (C=O) groups is 1. The van der Waals surface area contributed by atoms with Crippen molar-refractivity contribution >= 4 is 22.5 Å². The van der Waals surface area contributed by atoms with Crippen LogP contribution in [0.1, 0.15) is 19.3 Å². The lowest BCUT2D eigenvalue weighted by Gasteiger charge is -2.22. The van der Waals surface area contributed by atoms with Crippen LogP contribution in [0.5, 0.6) is 0 Å².